The van der Waals surface area contributed by atoms with Gasteiger partial charge in [-0.05, 0) is 36.8 Å². The second-order valence-corrected chi connectivity index (χ2v) is 5.49. The van der Waals surface area contributed by atoms with Crippen molar-refractivity contribution in [1.29, 1.82) is 5.26 Å². The number of anilines is 1. The molecule has 0 heterocycles. The number of hydrogen-bond donors (Lipinski definition) is 2. The monoisotopic (exact) mass is 355 g/mol. The fourth-order valence-corrected chi connectivity index (χ4v) is 2.17. The standard InChI is InChI=1S/C19H18ClN3O2/c1-2-25-18-6-4-3-5-17(18)22-13-15(11-21)19(24)23-12-14-7-9-16(20)10-8-14/h3-10,13,22H,2,12H2,1H3,(H,23,24)/b15-13-. The van der Waals surface area contributed by atoms with Crippen molar-refractivity contribution in [3.8, 4) is 11.8 Å². The number of para-hydroxylation sites is 2. The molecule has 5 nitrogen and oxygen atoms in total. The number of halogens is 1. The molecule has 0 aliphatic heterocycles. The predicted molar refractivity (Wildman–Crippen MR) is 98.2 cm³/mol. The van der Waals surface area contributed by atoms with Crippen LogP contribution in [0, 0.1) is 11.3 Å². The first kappa shape index (κ1) is 18.4. The van der Waals surface area contributed by atoms with Crippen molar-refractivity contribution in [2.75, 3.05) is 11.9 Å². The van der Waals surface area contributed by atoms with E-state index < -0.39 is 5.91 Å². The lowest BCUT2D eigenvalue weighted by atomic mass is 10.2. The molecule has 0 fully saturated rings. The molecule has 128 valence electrons. The quantitative estimate of drug-likeness (QED) is 0.584. The van der Waals surface area contributed by atoms with Crippen LogP contribution in [0.1, 0.15) is 12.5 Å². The normalized spacial score (nSPS) is 10.7. The lowest BCUT2D eigenvalue weighted by Crippen LogP contribution is -2.24. The molecule has 2 aromatic carbocycles. The van der Waals surface area contributed by atoms with Gasteiger partial charge in [0.2, 0.25) is 0 Å². The van der Waals surface area contributed by atoms with Gasteiger partial charge in [0.25, 0.3) is 5.91 Å². The second-order valence-electron chi connectivity index (χ2n) is 5.05. The first-order valence-corrected chi connectivity index (χ1v) is 8.13. The van der Waals surface area contributed by atoms with E-state index in [-0.39, 0.29) is 5.57 Å². The van der Waals surface area contributed by atoms with Gasteiger partial charge in [0.1, 0.15) is 17.4 Å². The highest BCUT2D eigenvalue weighted by Gasteiger charge is 2.09. The van der Waals surface area contributed by atoms with Gasteiger partial charge in [0.15, 0.2) is 0 Å². The summed E-state index contributed by atoms with van der Waals surface area (Å²) in [7, 11) is 0. The molecule has 1 amide bonds. The number of amides is 1. The summed E-state index contributed by atoms with van der Waals surface area (Å²) in [5.74, 6) is 0.193. The van der Waals surface area contributed by atoms with Crippen LogP contribution in [-0.2, 0) is 11.3 Å². The van der Waals surface area contributed by atoms with E-state index in [0.717, 1.165) is 5.56 Å². The molecule has 2 rings (SSSR count). The number of nitriles is 1. The first-order valence-electron chi connectivity index (χ1n) is 7.75. The minimum Gasteiger partial charge on any atom is -0.492 e. The molecule has 25 heavy (non-hydrogen) atoms. The molecule has 0 saturated heterocycles. The summed E-state index contributed by atoms with van der Waals surface area (Å²) in [6, 6.07) is 16.3. The van der Waals surface area contributed by atoms with Crippen molar-refractivity contribution in [3.05, 3.63) is 70.9 Å². The zero-order valence-corrected chi connectivity index (χ0v) is 14.5. The molecule has 0 aliphatic carbocycles. The molecule has 0 atom stereocenters. The highest BCUT2D eigenvalue weighted by Crippen LogP contribution is 2.23. The summed E-state index contributed by atoms with van der Waals surface area (Å²) in [5, 5.41) is 15.5. The van der Waals surface area contributed by atoms with Gasteiger partial charge < -0.3 is 15.4 Å². The zero-order chi connectivity index (χ0) is 18.1. The van der Waals surface area contributed by atoms with Crippen LogP contribution in [0.25, 0.3) is 0 Å². The number of nitrogens with one attached hydrogen (secondary N) is 2. The van der Waals surface area contributed by atoms with Crippen LogP contribution >= 0.6 is 11.6 Å². The van der Waals surface area contributed by atoms with Crippen LogP contribution in [0.5, 0.6) is 5.75 Å². The topological polar surface area (TPSA) is 74.1 Å². The molecule has 6 heteroatoms. The zero-order valence-electron chi connectivity index (χ0n) is 13.8. The third-order valence-electron chi connectivity index (χ3n) is 3.29. The van der Waals surface area contributed by atoms with E-state index in [4.69, 9.17) is 16.3 Å². The molecule has 0 radical (unpaired) electrons. The van der Waals surface area contributed by atoms with Crippen molar-refractivity contribution in [3.63, 3.8) is 0 Å². The summed E-state index contributed by atoms with van der Waals surface area (Å²) in [5.41, 5.74) is 1.55. The Hall–Kier alpha value is -2.97. The number of hydrogen-bond acceptors (Lipinski definition) is 4. The predicted octanol–water partition coefficient (Wildman–Crippen LogP) is 3.87. The van der Waals surface area contributed by atoms with Crippen LogP contribution < -0.4 is 15.4 Å². The Kier molecular flexibility index (Phi) is 6.87. The van der Waals surface area contributed by atoms with Gasteiger partial charge in [0.05, 0.1) is 12.3 Å². The molecule has 0 bridgehead atoms. The fourth-order valence-electron chi connectivity index (χ4n) is 2.05. The number of nitrogens with zero attached hydrogens (tertiary/aromatic N) is 1. The van der Waals surface area contributed by atoms with E-state index in [1.54, 1.807) is 12.1 Å². The van der Waals surface area contributed by atoms with Gasteiger partial charge in [-0.1, -0.05) is 35.9 Å². The second kappa shape index (κ2) is 9.36. The highest BCUT2D eigenvalue weighted by molar-refractivity contribution is 6.30. The average molecular weight is 356 g/mol. The largest absolute Gasteiger partial charge is 0.492 e. The number of ether oxygens (including phenoxy) is 1. The molecule has 2 N–H and O–H groups in total. The van der Waals surface area contributed by atoms with Gasteiger partial charge in [-0.25, -0.2) is 0 Å². The Labute approximate surface area is 151 Å². The summed E-state index contributed by atoms with van der Waals surface area (Å²) in [4.78, 5) is 12.1. The van der Waals surface area contributed by atoms with Crippen molar-refractivity contribution in [2.45, 2.75) is 13.5 Å². The fraction of sp³-hybridized carbons (Fsp3) is 0.158. The van der Waals surface area contributed by atoms with Crippen LogP contribution in [0.2, 0.25) is 5.02 Å². The molecule has 0 unspecified atom stereocenters. The minimum atomic E-state index is -0.459. The van der Waals surface area contributed by atoms with Gasteiger partial charge in [-0.3, -0.25) is 4.79 Å². The molecular formula is C19H18ClN3O2. The van der Waals surface area contributed by atoms with Gasteiger partial charge in [-0.2, -0.15) is 5.26 Å². The number of benzene rings is 2. The molecule has 0 aromatic heterocycles. The van der Waals surface area contributed by atoms with Crippen LogP contribution in [0.15, 0.2) is 60.3 Å². The molecular weight excluding hydrogens is 338 g/mol. The molecule has 2 aromatic rings. The molecule has 0 spiro atoms. The van der Waals surface area contributed by atoms with Crippen molar-refractivity contribution in [1.82, 2.24) is 5.32 Å². The maximum Gasteiger partial charge on any atom is 0.263 e. The Morgan fingerprint density at radius 2 is 1.96 bits per heavy atom. The smallest absolute Gasteiger partial charge is 0.263 e. The highest BCUT2D eigenvalue weighted by atomic mass is 35.5. The van der Waals surface area contributed by atoms with Crippen molar-refractivity contribution >= 4 is 23.2 Å². The lowest BCUT2D eigenvalue weighted by molar-refractivity contribution is -0.117. The summed E-state index contributed by atoms with van der Waals surface area (Å²) < 4.78 is 5.49. The first-order chi connectivity index (χ1) is 12.1. The number of rotatable bonds is 7. The van der Waals surface area contributed by atoms with E-state index in [2.05, 4.69) is 10.6 Å². The maximum absolute atomic E-state index is 12.1. The molecule has 0 aliphatic rings. The van der Waals surface area contributed by atoms with E-state index in [1.807, 2.05) is 49.4 Å². The lowest BCUT2D eigenvalue weighted by Gasteiger charge is -2.10. The third kappa shape index (κ3) is 5.55. The Bertz CT molecular complexity index is 795. The number of carbonyl (C=O) groups is 1. The molecule has 0 saturated carbocycles. The summed E-state index contributed by atoms with van der Waals surface area (Å²) in [6.07, 6.45) is 1.37. The Morgan fingerprint density at radius 1 is 1.24 bits per heavy atom. The Morgan fingerprint density at radius 3 is 2.64 bits per heavy atom. The van der Waals surface area contributed by atoms with E-state index >= 15 is 0 Å². The van der Waals surface area contributed by atoms with E-state index in [0.29, 0.717) is 29.6 Å². The third-order valence-corrected chi connectivity index (χ3v) is 3.54. The van der Waals surface area contributed by atoms with Crippen LogP contribution in [0.4, 0.5) is 5.69 Å². The minimum absolute atomic E-state index is 0.0275. The van der Waals surface area contributed by atoms with Crippen molar-refractivity contribution < 1.29 is 9.53 Å². The SMILES string of the molecule is CCOc1ccccc1N/C=C(/C#N)C(=O)NCc1ccc(Cl)cc1. The summed E-state index contributed by atoms with van der Waals surface area (Å²) in [6.45, 7) is 2.72. The van der Waals surface area contributed by atoms with Gasteiger partial charge >= 0.3 is 0 Å². The van der Waals surface area contributed by atoms with Gasteiger partial charge in [-0.15, -0.1) is 0 Å². The Balaban J connectivity index is 2.01. The number of carbonyl (C=O) groups excluding carboxylic acids is 1. The van der Waals surface area contributed by atoms with Crippen molar-refractivity contribution in [2.24, 2.45) is 0 Å². The summed E-state index contributed by atoms with van der Waals surface area (Å²) >= 11 is 5.82. The maximum atomic E-state index is 12.1. The van der Waals surface area contributed by atoms with Crippen LogP contribution in [0.3, 0.4) is 0 Å². The van der Waals surface area contributed by atoms with Crippen LogP contribution in [-0.4, -0.2) is 12.5 Å². The van der Waals surface area contributed by atoms with E-state index in [9.17, 15) is 10.1 Å². The average Bonchev–Trinajstić information content (AvgIpc) is 2.63. The van der Waals surface area contributed by atoms with E-state index in [1.165, 1.54) is 6.20 Å². The van der Waals surface area contributed by atoms with Gasteiger partial charge in [0, 0.05) is 17.8 Å².